The van der Waals surface area contributed by atoms with E-state index in [1.807, 2.05) is 60.7 Å². The first-order valence-electron chi connectivity index (χ1n) is 8.07. The Morgan fingerprint density at radius 1 is 0.920 bits per heavy atom. The molecule has 0 radical (unpaired) electrons. The Labute approximate surface area is 149 Å². The molecule has 25 heavy (non-hydrogen) atoms. The first-order chi connectivity index (χ1) is 12.3. The molecule has 2 aromatic carbocycles. The minimum absolute atomic E-state index is 0.223. The van der Waals surface area contributed by atoms with Gasteiger partial charge in [-0.2, -0.15) is 0 Å². The molecule has 3 nitrogen and oxygen atoms in total. The molecule has 4 aromatic rings. The van der Waals surface area contributed by atoms with Crippen molar-refractivity contribution in [1.29, 1.82) is 0 Å². The monoisotopic (exact) mass is 344 g/mol. The Morgan fingerprint density at radius 2 is 1.76 bits per heavy atom. The van der Waals surface area contributed by atoms with E-state index in [4.69, 9.17) is 21.3 Å². The van der Waals surface area contributed by atoms with Gasteiger partial charge in [0.1, 0.15) is 5.75 Å². The van der Waals surface area contributed by atoms with Crippen LogP contribution in [-0.4, -0.2) is 9.97 Å². The number of nitrogens with zero attached hydrogens (tertiary/aromatic N) is 2. The SMILES string of the molecule is Clc1ccc(C2Oc3ccccc3-c3nc4ncccc4cc32)cc1. The summed E-state index contributed by atoms with van der Waals surface area (Å²) in [4.78, 5) is 9.24. The van der Waals surface area contributed by atoms with Crippen molar-refractivity contribution in [3.8, 4) is 17.0 Å². The van der Waals surface area contributed by atoms with E-state index in [1.165, 1.54) is 0 Å². The minimum atomic E-state index is -0.223. The summed E-state index contributed by atoms with van der Waals surface area (Å²) in [6.45, 7) is 0. The molecule has 2 aromatic heterocycles. The van der Waals surface area contributed by atoms with Crippen molar-refractivity contribution in [1.82, 2.24) is 9.97 Å². The Morgan fingerprint density at radius 3 is 2.64 bits per heavy atom. The highest BCUT2D eigenvalue weighted by Gasteiger charge is 2.29. The molecule has 0 saturated carbocycles. The van der Waals surface area contributed by atoms with Gasteiger partial charge in [-0.3, -0.25) is 0 Å². The fourth-order valence-electron chi connectivity index (χ4n) is 3.28. The summed E-state index contributed by atoms with van der Waals surface area (Å²) in [5, 5.41) is 1.71. The van der Waals surface area contributed by atoms with E-state index in [0.29, 0.717) is 5.02 Å². The van der Waals surface area contributed by atoms with Crippen molar-refractivity contribution >= 4 is 22.6 Å². The van der Waals surface area contributed by atoms with E-state index in [2.05, 4.69) is 11.1 Å². The maximum atomic E-state index is 6.33. The van der Waals surface area contributed by atoms with Crippen LogP contribution in [0.5, 0.6) is 5.75 Å². The van der Waals surface area contributed by atoms with Crippen molar-refractivity contribution in [2.75, 3.05) is 0 Å². The van der Waals surface area contributed by atoms with Gasteiger partial charge in [0.2, 0.25) is 0 Å². The molecule has 5 rings (SSSR count). The number of ether oxygens (including phenoxy) is 1. The Bertz CT molecular complexity index is 1090. The summed E-state index contributed by atoms with van der Waals surface area (Å²) in [6, 6.07) is 21.8. The van der Waals surface area contributed by atoms with Gasteiger partial charge < -0.3 is 4.74 Å². The first kappa shape index (κ1) is 14.4. The molecule has 4 heteroatoms. The number of aromatic nitrogens is 2. The largest absolute Gasteiger partial charge is 0.480 e. The number of pyridine rings is 2. The normalized spacial score (nSPS) is 15.3. The van der Waals surface area contributed by atoms with E-state index in [0.717, 1.165) is 39.2 Å². The molecule has 0 bridgehead atoms. The van der Waals surface area contributed by atoms with Crippen LogP contribution in [0, 0.1) is 0 Å². The molecule has 1 atom stereocenters. The van der Waals surface area contributed by atoms with Gasteiger partial charge in [0.15, 0.2) is 11.8 Å². The van der Waals surface area contributed by atoms with Gasteiger partial charge in [-0.05, 0) is 48.0 Å². The van der Waals surface area contributed by atoms with Gasteiger partial charge in [-0.1, -0.05) is 35.9 Å². The van der Waals surface area contributed by atoms with E-state index < -0.39 is 0 Å². The molecule has 0 N–H and O–H groups in total. The molecular formula is C21H13ClN2O. The molecule has 120 valence electrons. The Kier molecular flexibility index (Phi) is 3.22. The summed E-state index contributed by atoms with van der Waals surface area (Å²) < 4.78 is 6.33. The summed E-state index contributed by atoms with van der Waals surface area (Å²) in [6.07, 6.45) is 1.54. The number of halogens is 1. The minimum Gasteiger partial charge on any atom is -0.480 e. The summed E-state index contributed by atoms with van der Waals surface area (Å²) >= 11 is 6.05. The highest BCUT2D eigenvalue weighted by atomic mass is 35.5. The van der Waals surface area contributed by atoms with Gasteiger partial charge in [0, 0.05) is 27.7 Å². The van der Waals surface area contributed by atoms with Crippen LogP contribution >= 0.6 is 11.6 Å². The lowest BCUT2D eigenvalue weighted by Crippen LogP contribution is -2.16. The molecule has 0 aliphatic carbocycles. The molecule has 0 saturated heterocycles. The van der Waals surface area contributed by atoms with Crippen molar-refractivity contribution in [2.45, 2.75) is 6.10 Å². The van der Waals surface area contributed by atoms with Crippen LogP contribution < -0.4 is 4.74 Å². The number of rotatable bonds is 1. The van der Waals surface area contributed by atoms with Crippen LogP contribution in [0.1, 0.15) is 17.2 Å². The zero-order valence-electron chi connectivity index (χ0n) is 13.2. The van der Waals surface area contributed by atoms with Crippen LogP contribution in [0.25, 0.3) is 22.3 Å². The predicted octanol–water partition coefficient (Wildman–Crippen LogP) is 5.43. The maximum Gasteiger partial charge on any atom is 0.159 e. The quantitative estimate of drug-likeness (QED) is 0.461. The first-order valence-corrected chi connectivity index (χ1v) is 8.44. The lowest BCUT2D eigenvalue weighted by molar-refractivity contribution is 0.243. The Hall–Kier alpha value is -2.91. The number of para-hydroxylation sites is 1. The van der Waals surface area contributed by atoms with Crippen LogP contribution in [0.3, 0.4) is 0 Å². The number of hydrogen-bond donors (Lipinski definition) is 0. The second-order valence-electron chi connectivity index (χ2n) is 6.02. The Balaban J connectivity index is 1.79. The van der Waals surface area contributed by atoms with Crippen LogP contribution in [0.15, 0.2) is 72.9 Å². The van der Waals surface area contributed by atoms with Gasteiger partial charge in [0.05, 0.1) is 5.69 Å². The summed E-state index contributed by atoms with van der Waals surface area (Å²) in [5.41, 5.74) is 4.75. The van der Waals surface area contributed by atoms with E-state index in [9.17, 15) is 0 Å². The van der Waals surface area contributed by atoms with Crippen LogP contribution in [0.2, 0.25) is 5.02 Å². The number of fused-ring (bicyclic) bond motifs is 4. The standard InChI is InChI=1S/C21H13ClN2O/c22-15-9-7-13(8-10-15)20-17-12-14-4-3-11-23-21(14)24-19(17)16-5-1-2-6-18(16)25-20/h1-12,20H. The van der Waals surface area contributed by atoms with E-state index >= 15 is 0 Å². The molecule has 1 aliphatic rings. The van der Waals surface area contributed by atoms with Gasteiger partial charge in [-0.25, -0.2) is 9.97 Å². The van der Waals surface area contributed by atoms with Crippen molar-refractivity contribution < 1.29 is 4.74 Å². The van der Waals surface area contributed by atoms with Crippen LogP contribution in [-0.2, 0) is 0 Å². The molecule has 1 unspecified atom stereocenters. The highest BCUT2D eigenvalue weighted by molar-refractivity contribution is 6.30. The molecule has 0 spiro atoms. The van der Waals surface area contributed by atoms with Crippen molar-refractivity contribution in [3.63, 3.8) is 0 Å². The maximum absolute atomic E-state index is 6.33. The van der Waals surface area contributed by atoms with Gasteiger partial charge in [0.25, 0.3) is 0 Å². The third kappa shape index (κ3) is 2.36. The molecule has 0 amide bonds. The third-order valence-electron chi connectivity index (χ3n) is 4.46. The second kappa shape index (κ2) is 5.57. The van der Waals surface area contributed by atoms with Crippen molar-refractivity contribution in [2.24, 2.45) is 0 Å². The van der Waals surface area contributed by atoms with E-state index in [1.54, 1.807) is 6.20 Å². The zero-order chi connectivity index (χ0) is 16.8. The zero-order valence-corrected chi connectivity index (χ0v) is 13.9. The topological polar surface area (TPSA) is 35.0 Å². The average Bonchev–Trinajstić information content (AvgIpc) is 2.67. The van der Waals surface area contributed by atoms with Gasteiger partial charge >= 0.3 is 0 Å². The smallest absolute Gasteiger partial charge is 0.159 e. The highest BCUT2D eigenvalue weighted by Crippen LogP contribution is 2.44. The summed E-state index contributed by atoms with van der Waals surface area (Å²) in [7, 11) is 0. The van der Waals surface area contributed by atoms with Crippen molar-refractivity contribution in [3.05, 3.63) is 89.1 Å². The predicted molar refractivity (Wildman–Crippen MR) is 98.9 cm³/mol. The fraction of sp³-hybridized carbons (Fsp3) is 0.0476. The molecule has 3 heterocycles. The lowest BCUT2D eigenvalue weighted by Gasteiger charge is -2.28. The third-order valence-corrected chi connectivity index (χ3v) is 4.71. The summed E-state index contributed by atoms with van der Waals surface area (Å²) in [5.74, 6) is 0.831. The van der Waals surface area contributed by atoms with Gasteiger partial charge in [-0.15, -0.1) is 0 Å². The number of hydrogen-bond acceptors (Lipinski definition) is 3. The lowest BCUT2D eigenvalue weighted by atomic mass is 9.92. The fourth-order valence-corrected chi connectivity index (χ4v) is 3.40. The average molecular weight is 345 g/mol. The van der Waals surface area contributed by atoms with Crippen LogP contribution in [0.4, 0.5) is 0 Å². The molecule has 1 aliphatic heterocycles. The van der Waals surface area contributed by atoms with E-state index in [-0.39, 0.29) is 6.10 Å². The second-order valence-corrected chi connectivity index (χ2v) is 6.46. The number of benzene rings is 2. The molecular weight excluding hydrogens is 332 g/mol. The molecule has 0 fully saturated rings.